The predicted molar refractivity (Wildman–Crippen MR) is 74.8 cm³/mol. The summed E-state index contributed by atoms with van der Waals surface area (Å²) in [6.45, 7) is 0.645. The average Bonchev–Trinajstić information content (AvgIpc) is 2.97. The molecular weight excluding hydrogens is 252 g/mol. The van der Waals surface area contributed by atoms with Crippen LogP contribution in [0.5, 0.6) is 5.75 Å². The molecule has 2 aromatic carbocycles. The summed E-state index contributed by atoms with van der Waals surface area (Å²) in [6.07, 6.45) is 0.864. The highest BCUT2D eigenvalue weighted by molar-refractivity contribution is 6.05. The van der Waals surface area contributed by atoms with Crippen LogP contribution in [0.25, 0.3) is 0 Å². The molecule has 0 fully saturated rings. The van der Waals surface area contributed by atoms with Gasteiger partial charge in [0.15, 0.2) is 0 Å². The van der Waals surface area contributed by atoms with E-state index < -0.39 is 0 Å². The van der Waals surface area contributed by atoms with E-state index in [0.717, 1.165) is 17.7 Å². The Labute approximate surface area is 116 Å². The summed E-state index contributed by atoms with van der Waals surface area (Å²) in [4.78, 5) is 12.2. The third-order valence-electron chi connectivity index (χ3n) is 3.22. The standard InChI is InChI=1S/C16H12N2O2/c17-10-11-3-1-5-13(9-11)16(19)18-14-6-2-4-12-7-8-20-15(12)14/h1-6,9H,7-8H2,(H,18,19). The van der Waals surface area contributed by atoms with Crippen LogP contribution in [-0.4, -0.2) is 12.5 Å². The predicted octanol–water partition coefficient (Wildman–Crippen LogP) is 2.75. The highest BCUT2D eigenvalue weighted by atomic mass is 16.5. The van der Waals surface area contributed by atoms with Gasteiger partial charge in [0, 0.05) is 12.0 Å². The summed E-state index contributed by atoms with van der Waals surface area (Å²) in [5.74, 6) is 0.503. The molecule has 1 heterocycles. The smallest absolute Gasteiger partial charge is 0.255 e. The van der Waals surface area contributed by atoms with E-state index in [2.05, 4.69) is 5.32 Å². The Kier molecular flexibility index (Phi) is 3.10. The minimum absolute atomic E-state index is 0.244. The molecule has 0 unspecified atom stereocenters. The van der Waals surface area contributed by atoms with E-state index in [4.69, 9.17) is 10.00 Å². The van der Waals surface area contributed by atoms with Crippen molar-refractivity contribution < 1.29 is 9.53 Å². The second-order valence-electron chi connectivity index (χ2n) is 4.54. The molecule has 0 saturated heterocycles. The molecular formula is C16H12N2O2. The molecule has 98 valence electrons. The monoisotopic (exact) mass is 264 g/mol. The zero-order valence-corrected chi connectivity index (χ0v) is 10.7. The lowest BCUT2D eigenvalue weighted by Crippen LogP contribution is -2.12. The number of nitrogens with one attached hydrogen (secondary N) is 1. The van der Waals surface area contributed by atoms with Crippen molar-refractivity contribution in [2.24, 2.45) is 0 Å². The number of carbonyl (C=O) groups is 1. The molecule has 0 saturated carbocycles. The quantitative estimate of drug-likeness (QED) is 0.907. The van der Waals surface area contributed by atoms with Crippen molar-refractivity contribution in [2.45, 2.75) is 6.42 Å². The maximum absolute atomic E-state index is 12.2. The number of rotatable bonds is 2. The van der Waals surface area contributed by atoms with E-state index in [1.807, 2.05) is 24.3 Å². The molecule has 2 aromatic rings. The first-order valence-corrected chi connectivity index (χ1v) is 6.34. The van der Waals surface area contributed by atoms with Gasteiger partial charge in [0.05, 0.1) is 23.9 Å². The number of hydrogen-bond donors (Lipinski definition) is 1. The Morgan fingerprint density at radius 1 is 1.25 bits per heavy atom. The third kappa shape index (κ3) is 2.21. The fourth-order valence-corrected chi connectivity index (χ4v) is 2.24. The van der Waals surface area contributed by atoms with Crippen LogP contribution in [0.4, 0.5) is 5.69 Å². The number of amides is 1. The van der Waals surface area contributed by atoms with Gasteiger partial charge in [-0.2, -0.15) is 5.26 Å². The Bertz CT molecular complexity index is 717. The van der Waals surface area contributed by atoms with Gasteiger partial charge in [-0.3, -0.25) is 4.79 Å². The molecule has 0 spiro atoms. The van der Waals surface area contributed by atoms with Gasteiger partial charge in [-0.25, -0.2) is 0 Å². The number of ether oxygens (including phenoxy) is 1. The lowest BCUT2D eigenvalue weighted by molar-refractivity contribution is 0.102. The summed E-state index contributed by atoms with van der Waals surface area (Å²) in [5, 5.41) is 11.7. The lowest BCUT2D eigenvalue weighted by Gasteiger charge is -2.09. The Hall–Kier alpha value is -2.80. The first kappa shape index (κ1) is 12.2. The van der Waals surface area contributed by atoms with E-state index >= 15 is 0 Å². The zero-order chi connectivity index (χ0) is 13.9. The molecule has 3 rings (SSSR count). The maximum Gasteiger partial charge on any atom is 0.255 e. The van der Waals surface area contributed by atoms with Crippen molar-refractivity contribution in [3.8, 4) is 11.8 Å². The second-order valence-corrected chi connectivity index (χ2v) is 4.54. The van der Waals surface area contributed by atoms with Crippen molar-refractivity contribution in [1.82, 2.24) is 0 Å². The number of fused-ring (bicyclic) bond motifs is 1. The molecule has 0 atom stereocenters. The Morgan fingerprint density at radius 3 is 2.95 bits per heavy atom. The summed E-state index contributed by atoms with van der Waals surface area (Å²) in [6, 6.07) is 14.3. The largest absolute Gasteiger partial charge is 0.491 e. The number of benzene rings is 2. The number of nitriles is 1. The number of nitrogens with zero attached hydrogens (tertiary/aromatic N) is 1. The van der Waals surface area contributed by atoms with Crippen LogP contribution >= 0.6 is 0 Å². The van der Waals surface area contributed by atoms with Crippen LogP contribution in [0, 0.1) is 11.3 Å². The first-order chi connectivity index (χ1) is 9.78. The normalized spacial score (nSPS) is 12.2. The highest BCUT2D eigenvalue weighted by Crippen LogP contribution is 2.33. The highest BCUT2D eigenvalue weighted by Gasteiger charge is 2.17. The summed E-state index contributed by atoms with van der Waals surface area (Å²) < 4.78 is 5.54. The van der Waals surface area contributed by atoms with Crippen molar-refractivity contribution in [3.05, 3.63) is 59.2 Å². The fraction of sp³-hybridized carbons (Fsp3) is 0.125. The zero-order valence-electron chi connectivity index (χ0n) is 10.7. The van der Waals surface area contributed by atoms with Crippen molar-refractivity contribution in [3.63, 3.8) is 0 Å². The Morgan fingerprint density at radius 2 is 2.10 bits per heavy atom. The molecule has 0 aromatic heterocycles. The van der Waals surface area contributed by atoms with Gasteiger partial charge >= 0.3 is 0 Å². The lowest BCUT2D eigenvalue weighted by atomic mass is 10.1. The van der Waals surface area contributed by atoms with Gasteiger partial charge in [-0.05, 0) is 29.8 Å². The number of anilines is 1. The molecule has 4 nitrogen and oxygen atoms in total. The van der Waals surface area contributed by atoms with Gasteiger partial charge in [0.25, 0.3) is 5.91 Å². The molecule has 1 aliphatic heterocycles. The topological polar surface area (TPSA) is 62.1 Å². The van der Waals surface area contributed by atoms with E-state index in [-0.39, 0.29) is 5.91 Å². The minimum Gasteiger partial charge on any atom is -0.491 e. The molecule has 1 N–H and O–H groups in total. The van der Waals surface area contributed by atoms with E-state index in [9.17, 15) is 4.79 Å². The third-order valence-corrected chi connectivity index (χ3v) is 3.22. The van der Waals surface area contributed by atoms with Gasteiger partial charge < -0.3 is 10.1 Å². The molecule has 0 aliphatic carbocycles. The van der Waals surface area contributed by atoms with E-state index in [1.54, 1.807) is 24.3 Å². The molecule has 20 heavy (non-hydrogen) atoms. The number of hydrogen-bond acceptors (Lipinski definition) is 3. The minimum atomic E-state index is -0.244. The number of carbonyl (C=O) groups excluding carboxylic acids is 1. The van der Waals surface area contributed by atoms with Crippen LogP contribution in [0.3, 0.4) is 0 Å². The first-order valence-electron chi connectivity index (χ1n) is 6.34. The van der Waals surface area contributed by atoms with Gasteiger partial charge in [-0.15, -0.1) is 0 Å². The molecule has 1 aliphatic rings. The summed E-state index contributed by atoms with van der Waals surface area (Å²) in [7, 11) is 0. The van der Waals surface area contributed by atoms with E-state index in [1.165, 1.54) is 0 Å². The fourth-order valence-electron chi connectivity index (χ4n) is 2.24. The number of para-hydroxylation sites is 1. The average molecular weight is 264 g/mol. The molecule has 0 radical (unpaired) electrons. The van der Waals surface area contributed by atoms with E-state index in [0.29, 0.717) is 23.4 Å². The van der Waals surface area contributed by atoms with Crippen molar-refractivity contribution in [2.75, 3.05) is 11.9 Å². The molecule has 0 bridgehead atoms. The summed E-state index contributed by atoms with van der Waals surface area (Å²) >= 11 is 0. The van der Waals surface area contributed by atoms with Crippen LogP contribution in [-0.2, 0) is 6.42 Å². The van der Waals surface area contributed by atoms with Crippen LogP contribution in [0.15, 0.2) is 42.5 Å². The van der Waals surface area contributed by atoms with Crippen LogP contribution in [0.2, 0.25) is 0 Å². The Balaban J connectivity index is 1.86. The van der Waals surface area contributed by atoms with Gasteiger partial charge in [0.2, 0.25) is 0 Å². The van der Waals surface area contributed by atoms with Gasteiger partial charge in [-0.1, -0.05) is 18.2 Å². The van der Waals surface area contributed by atoms with Gasteiger partial charge in [0.1, 0.15) is 5.75 Å². The summed E-state index contributed by atoms with van der Waals surface area (Å²) in [5.41, 5.74) is 2.70. The second kappa shape index (κ2) is 5.06. The SMILES string of the molecule is N#Cc1cccc(C(=O)Nc2cccc3c2OCC3)c1. The van der Waals surface area contributed by atoms with Crippen molar-refractivity contribution in [1.29, 1.82) is 5.26 Å². The van der Waals surface area contributed by atoms with Crippen molar-refractivity contribution >= 4 is 11.6 Å². The maximum atomic E-state index is 12.2. The van der Waals surface area contributed by atoms with Crippen LogP contribution < -0.4 is 10.1 Å². The molecule has 1 amide bonds. The molecule has 4 heteroatoms. The van der Waals surface area contributed by atoms with Crippen LogP contribution in [0.1, 0.15) is 21.5 Å².